The van der Waals surface area contributed by atoms with Gasteiger partial charge in [-0.25, -0.2) is 8.78 Å². The van der Waals surface area contributed by atoms with Crippen LogP contribution in [0.1, 0.15) is 37.0 Å². The number of hydrogen-bond donors (Lipinski definition) is 0. The van der Waals surface area contributed by atoms with Crippen molar-refractivity contribution in [2.75, 3.05) is 7.11 Å². The van der Waals surface area contributed by atoms with Gasteiger partial charge in [0, 0.05) is 13.2 Å². The molecule has 0 aliphatic carbocycles. The minimum Gasteiger partial charge on any atom is -0.370 e. The first-order valence-corrected chi connectivity index (χ1v) is 5.55. The zero-order valence-corrected chi connectivity index (χ0v) is 10.2. The molecule has 0 amide bonds. The summed E-state index contributed by atoms with van der Waals surface area (Å²) in [4.78, 5) is 12.2. The molecular weight excluding hydrogens is 226 g/mol. The molecule has 0 saturated carbocycles. The van der Waals surface area contributed by atoms with Crippen LogP contribution in [0.5, 0.6) is 0 Å². The molecule has 0 N–H and O–H groups in total. The fraction of sp³-hybridized carbons (Fsp3) is 0.462. The summed E-state index contributed by atoms with van der Waals surface area (Å²) in [5.74, 6) is -1.99. The molecule has 1 aromatic carbocycles. The molecule has 1 rings (SSSR count). The monoisotopic (exact) mass is 242 g/mol. The first kappa shape index (κ1) is 13.8. The molecule has 0 heterocycles. The first-order chi connectivity index (χ1) is 8.00. The zero-order chi connectivity index (χ0) is 13.1. The summed E-state index contributed by atoms with van der Waals surface area (Å²) in [7, 11) is 1.42. The van der Waals surface area contributed by atoms with Crippen LogP contribution in [0.4, 0.5) is 8.78 Å². The maximum absolute atomic E-state index is 13.5. The van der Waals surface area contributed by atoms with Gasteiger partial charge in [0.15, 0.2) is 5.78 Å². The van der Waals surface area contributed by atoms with E-state index < -0.39 is 23.0 Å². The Hall–Kier alpha value is -1.29. The number of methoxy groups -OCH3 is 1. The Kier molecular flexibility index (Phi) is 4.34. The van der Waals surface area contributed by atoms with E-state index in [0.29, 0.717) is 18.9 Å². The van der Waals surface area contributed by atoms with E-state index in [1.54, 1.807) is 13.8 Å². The van der Waals surface area contributed by atoms with Gasteiger partial charge in [0.1, 0.15) is 17.2 Å². The minimum atomic E-state index is -1.03. The molecule has 2 nitrogen and oxygen atoms in total. The van der Waals surface area contributed by atoms with E-state index in [-0.39, 0.29) is 5.56 Å². The molecule has 0 spiro atoms. The van der Waals surface area contributed by atoms with Crippen molar-refractivity contribution in [2.24, 2.45) is 0 Å². The number of hydrogen-bond acceptors (Lipinski definition) is 2. The summed E-state index contributed by atoms with van der Waals surface area (Å²) < 4.78 is 31.5. The average Bonchev–Trinajstić information content (AvgIpc) is 2.32. The number of ketones is 1. The van der Waals surface area contributed by atoms with E-state index in [9.17, 15) is 13.6 Å². The molecule has 0 saturated heterocycles. The second-order valence-corrected chi connectivity index (χ2v) is 3.86. The molecule has 0 atom stereocenters. The van der Waals surface area contributed by atoms with Crippen LogP contribution in [0.15, 0.2) is 18.2 Å². The maximum atomic E-state index is 13.5. The second-order valence-electron chi connectivity index (χ2n) is 3.86. The largest absolute Gasteiger partial charge is 0.370 e. The second kappa shape index (κ2) is 5.36. The van der Waals surface area contributed by atoms with Crippen molar-refractivity contribution in [1.82, 2.24) is 0 Å². The van der Waals surface area contributed by atoms with Crippen molar-refractivity contribution in [3.05, 3.63) is 35.4 Å². The minimum absolute atomic E-state index is 0.128. The van der Waals surface area contributed by atoms with Gasteiger partial charge in [-0.2, -0.15) is 0 Å². The van der Waals surface area contributed by atoms with Gasteiger partial charge >= 0.3 is 0 Å². The van der Waals surface area contributed by atoms with Crippen molar-refractivity contribution in [3.63, 3.8) is 0 Å². The van der Waals surface area contributed by atoms with Gasteiger partial charge < -0.3 is 4.74 Å². The van der Waals surface area contributed by atoms with Crippen LogP contribution in [0.2, 0.25) is 0 Å². The molecule has 1 aromatic rings. The first-order valence-electron chi connectivity index (χ1n) is 5.55. The SMILES string of the molecule is CCC(CC)(OC)C(=O)c1ccc(F)cc1F. The molecule has 0 fully saturated rings. The number of ether oxygens (including phenoxy) is 1. The highest BCUT2D eigenvalue weighted by Gasteiger charge is 2.36. The molecule has 0 aliphatic heterocycles. The zero-order valence-electron chi connectivity index (χ0n) is 10.2. The van der Waals surface area contributed by atoms with Crippen LogP contribution >= 0.6 is 0 Å². The van der Waals surface area contributed by atoms with Gasteiger partial charge in [-0.3, -0.25) is 4.79 Å². The van der Waals surface area contributed by atoms with Crippen LogP contribution in [0.3, 0.4) is 0 Å². The fourth-order valence-electron chi connectivity index (χ4n) is 1.87. The summed E-state index contributed by atoms with van der Waals surface area (Å²) in [6.07, 6.45) is 0.880. The van der Waals surface area contributed by atoms with Crippen LogP contribution in [0.25, 0.3) is 0 Å². The smallest absolute Gasteiger partial charge is 0.197 e. The number of rotatable bonds is 5. The van der Waals surface area contributed by atoms with Gasteiger partial charge in [0.25, 0.3) is 0 Å². The van der Waals surface area contributed by atoms with E-state index in [4.69, 9.17) is 4.74 Å². The molecule has 0 radical (unpaired) electrons. The third kappa shape index (κ3) is 2.52. The van der Waals surface area contributed by atoms with Gasteiger partial charge in [-0.1, -0.05) is 13.8 Å². The lowest BCUT2D eigenvalue weighted by Crippen LogP contribution is -2.40. The lowest BCUT2D eigenvalue weighted by molar-refractivity contribution is -0.00293. The Morgan fingerprint density at radius 1 is 1.29 bits per heavy atom. The van der Waals surface area contributed by atoms with Crippen LogP contribution in [-0.2, 0) is 4.74 Å². The van der Waals surface area contributed by atoms with Gasteiger partial charge in [-0.05, 0) is 25.0 Å². The predicted molar refractivity (Wildman–Crippen MR) is 61.0 cm³/mol. The van der Waals surface area contributed by atoms with Crippen molar-refractivity contribution < 1.29 is 18.3 Å². The standard InChI is InChI=1S/C13H16F2O2/c1-4-13(5-2,17-3)12(16)10-7-6-9(14)8-11(10)15/h6-8H,4-5H2,1-3H3. The summed E-state index contributed by atoms with van der Waals surface area (Å²) in [6, 6.07) is 2.94. The highest BCUT2D eigenvalue weighted by atomic mass is 19.1. The Bertz CT molecular complexity index is 404. The van der Waals surface area contributed by atoms with Gasteiger partial charge in [0.05, 0.1) is 5.56 Å². The van der Waals surface area contributed by atoms with E-state index in [0.717, 1.165) is 12.1 Å². The van der Waals surface area contributed by atoms with Crippen molar-refractivity contribution in [1.29, 1.82) is 0 Å². The molecular formula is C13H16F2O2. The predicted octanol–water partition coefficient (Wildman–Crippen LogP) is 3.35. The Labute approximate surface area is 99.6 Å². The molecule has 0 unspecified atom stereocenters. The third-order valence-electron chi connectivity index (χ3n) is 3.12. The fourth-order valence-corrected chi connectivity index (χ4v) is 1.87. The summed E-state index contributed by atoms with van der Waals surface area (Å²) in [6.45, 7) is 3.60. The molecule has 0 aliphatic rings. The Morgan fingerprint density at radius 3 is 2.29 bits per heavy atom. The quantitative estimate of drug-likeness (QED) is 0.740. The van der Waals surface area contributed by atoms with E-state index >= 15 is 0 Å². The highest BCUT2D eigenvalue weighted by Crippen LogP contribution is 2.26. The maximum Gasteiger partial charge on any atom is 0.197 e. The van der Waals surface area contributed by atoms with Crippen molar-refractivity contribution in [2.45, 2.75) is 32.3 Å². The van der Waals surface area contributed by atoms with E-state index in [1.807, 2.05) is 0 Å². The number of carbonyl (C=O) groups is 1. The molecule has 0 bridgehead atoms. The number of halogens is 2. The molecule has 94 valence electrons. The average molecular weight is 242 g/mol. The normalized spacial score (nSPS) is 11.6. The Balaban J connectivity index is 3.19. The summed E-state index contributed by atoms with van der Waals surface area (Å²) in [5.41, 5.74) is -1.16. The van der Waals surface area contributed by atoms with Gasteiger partial charge in [-0.15, -0.1) is 0 Å². The van der Waals surface area contributed by atoms with Crippen LogP contribution in [-0.4, -0.2) is 18.5 Å². The molecule has 4 heteroatoms. The third-order valence-corrected chi connectivity index (χ3v) is 3.12. The molecule has 17 heavy (non-hydrogen) atoms. The van der Waals surface area contributed by atoms with E-state index in [2.05, 4.69) is 0 Å². The summed E-state index contributed by atoms with van der Waals surface area (Å²) in [5, 5.41) is 0. The lowest BCUT2D eigenvalue weighted by Gasteiger charge is -2.28. The van der Waals surface area contributed by atoms with Crippen molar-refractivity contribution >= 4 is 5.78 Å². The van der Waals surface area contributed by atoms with Crippen LogP contribution < -0.4 is 0 Å². The van der Waals surface area contributed by atoms with Crippen molar-refractivity contribution in [3.8, 4) is 0 Å². The highest BCUT2D eigenvalue weighted by molar-refractivity contribution is 6.02. The lowest BCUT2D eigenvalue weighted by atomic mass is 9.87. The number of Topliss-reactive ketones (excluding diaryl/α,β-unsaturated/α-hetero) is 1. The number of carbonyl (C=O) groups excluding carboxylic acids is 1. The summed E-state index contributed by atoms with van der Waals surface area (Å²) >= 11 is 0. The van der Waals surface area contributed by atoms with Gasteiger partial charge in [0.2, 0.25) is 0 Å². The van der Waals surface area contributed by atoms with Crippen LogP contribution in [0, 0.1) is 11.6 Å². The van der Waals surface area contributed by atoms with E-state index in [1.165, 1.54) is 7.11 Å². The Morgan fingerprint density at radius 2 is 1.88 bits per heavy atom. The molecule has 0 aromatic heterocycles. The topological polar surface area (TPSA) is 26.3 Å². The number of benzene rings is 1.